The molecule has 0 radical (unpaired) electrons. The maximum Gasteiger partial charge on any atom is 0.223 e. The molecule has 2 atom stereocenters. The van der Waals surface area contributed by atoms with E-state index in [-0.39, 0.29) is 18.4 Å². The van der Waals surface area contributed by atoms with Crippen molar-refractivity contribution in [3.05, 3.63) is 29.3 Å². The van der Waals surface area contributed by atoms with Crippen LogP contribution in [-0.2, 0) is 4.79 Å². The van der Waals surface area contributed by atoms with Crippen molar-refractivity contribution in [1.82, 2.24) is 5.32 Å². The Morgan fingerprint density at radius 1 is 1.40 bits per heavy atom. The molecule has 0 saturated heterocycles. The Kier molecular flexibility index (Phi) is 5.68. The highest BCUT2D eigenvalue weighted by atomic mass is 35.5. The first-order valence-electron chi connectivity index (χ1n) is 7.01. The van der Waals surface area contributed by atoms with Crippen molar-refractivity contribution in [2.75, 3.05) is 6.61 Å². The van der Waals surface area contributed by atoms with Crippen LogP contribution in [0.2, 0.25) is 5.02 Å². The number of aliphatic hydroxyl groups is 1. The fourth-order valence-electron chi connectivity index (χ4n) is 2.38. The number of hydrogen-bond donors (Lipinski definition) is 2. The summed E-state index contributed by atoms with van der Waals surface area (Å²) in [6, 6.07) is 6.98. The largest absolute Gasteiger partial charge is 0.493 e. The van der Waals surface area contributed by atoms with Crippen LogP contribution in [-0.4, -0.2) is 29.8 Å². The molecular weight excluding hydrogens is 278 g/mol. The Balaban J connectivity index is 1.70. The second kappa shape index (κ2) is 7.50. The van der Waals surface area contributed by atoms with Crippen LogP contribution in [0.25, 0.3) is 0 Å². The lowest BCUT2D eigenvalue weighted by molar-refractivity contribution is -0.123. The lowest BCUT2D eigenvalue weighted by atomic mass is 9.92. The molecule has 2 N–H and O–H groups in total. The van der Waals surface area contributed by atoms with Crippen LogP contribution < -0.4 is 10.1 Å². The van der Waals surface area contributed by atoms with Gasteiger partial charge in [-0.1, -0.05) is 30.5 Å². The number of halogens is 1. The first-order chi connectivity index (χ1) is 9.65. The van der Waals surface area contributed by atoms with Gasteiger partial charge in [0.15, 0.2) is 0 Å². The van der Waals surface area contributed by atoms with E-state index in [0.29, 0.717) is 17.4 Å². The Morgan fingerprint density at radius 3 is 2.95 bits per heavy atom. The molecule has 1 aliphatic carbocycles. The smallest absolute Gasteiger partial charge is 0.223 e. The van der Waals surface area contributed by atoms with E-state index in [9.17, 15) is 9.90 Å². The van der Waals surface area contributed by atoms with Gasteiger partial charge in [-0.2, -0.15) is 0 Å². The number of hydrogen-bond acceptors (Lipinski definition) is 3. The van der Waals surface area contributed by atoms with Crippen molar-refractivity contribution in [1.29, 1.82) is 0 Å². The maximum absolute atomic E-state index is 11.8. The molecule has 2 rings (SSSR count). The minimum atomic E-state index is -0.415. The second-order valence-corrected chi connectivity index (χ2v) is 5.52. The molecule has 0 aliphatic heterocycles. The van der Waals surface area contributed by atoms with Gasteiger partial charge in [-0.05, 0) is 31.0 Å². The summed E-state index contributed by atoms with van der Waals surface area (Å²) in [5, 5.41) is 13.3. The summed E-state index contributed by atoms with van der Waals surface area (Å²) in [6.45, 7) is 0.301. The van der Waals surface area contributed by atoms with E-state index < -0.39 is 6.10 Å². The van der Waals surface area contributed by atoms with E-state index in [1.807, 2.05) is 0 Å². The molecule has 4 nitrogen and oxygen atoms in total. The molecule has 0 aromatic heterocycles. The number of ether oxygens (including phenoxy) is 1. The van der Waals surface area contributed by atoms with Crippen LogP contribution in [0.15, 0.2) is 24.3 Å². The van der Waals surface area contributed by atoms with Gasteiger partial charge in [0.05, 0.1) is 25.2 Å². The maximum atomic E-state index is 11.8. The Labute approximate surface area is 124 Å². The molecule has 1 aromatic carbocycles. The topological polar surface area (TPSA) is 58.6 Å². The molecule has 1 saturated carbocycles. The zero-order valence-electron chi connectivity index (χ0n) is 11.3. The van der Waals surface area contributed by atoms with Crippen molar-refractivity contribution >= 4 is 17.5 Å². The third-order valence-electron chi connectivity index (χ3n) is 3.47. The summed E-state index contributed by atoms with van der Waals surface area (Å²) in [4.78, 5) is 11.8. The normalized spacial score (nSPS) is 22.3. The molecule has 1 aliphatic rings. The van der Waals surface area contributed by atoms with Crippen molar-refractivity contribution in [2.45, 2.75) is 44.2 Å². The highest BCUT2D eigenvalue weighted by Crippen LogP contribution is 2.19. The minimum Gasteiger partial charge on any atom is -0.493 e. The van der Waals surface area contributed by atoms with Gasteiger partial charge in [0.1, 0.15) is 5.75 Å². The van der Waals surface area contributed by atoms with Crippen LogP contribution in [0.1, 0.15) is 32.1 Å². The van der Waals surface area contributed by atoms with Crippen molar-refractivity contribution in [3.8, 4) is 5.75 Å². The van der Waals surface area contributed by atoms with Crippen molar-refractivity contribution in [2.24, 2.45) is 0 Å². The number of carbonyl (C=O) groups excluding carboxylic acids is 1. The fraction of sp³-hybridized carbons (Fsp3) is 0.533. The lowest BCUT2D eigenvalue weighted by Gasteiger charge is -2.28. The summed E-state index contributed by atoms with van der Waals surface area (Å²) < 4.78 is 5.47. The van der Waals surface area contributed by atoms with Crippen LogP contribution in [0.5, 0.6) is 5.75 Å². The number of amides is 1. The summed E-state index contributed by atoms with van der Waals surface area (Å²) in [5.74, 6) is 0.570. The predicted molar refractivity (Wildman–Crippen MR) is 78.0 cm³/mol. The van der Waals surface area contributed by atoms with Crippen molar-refractivity contribution < 1.29 is 14.6 Å². The van der Waals surface area contributed by atoms with Crippen LogP contribution in [0.4, 0.5) is 0 Å². The van der Waals surface area contributed by atoms with Gasteiger partial charge >= 0.3 is 0 Å². The van der Waals surface area contributed by atoms with Gasteiger partial charge in [-0.3, -0.25) is 4.79 Å². The number of aliphatic hydroxyl groups excluding tert-OH is 1. The van der Waals surface area contributed by atoms with Crippen LogP contribution in [0.3, 0.4) is 0 Å². The molecule has 1 aromatic rings. The van der Waals surface area contributed by atoms with Gasteiger partial charge in [0.25, 0.3) is 0 Å². The molecular formula is C15H20ClNO3. The zero-order chi connectivity index (χ0) is 14.4. The highest BCUT2D eigenvalue weighted by Gasteiger charge is 2.24. The SMILES string of the molecule is O=C(CCOc1cccc(Cl)c1)N[C@H]1CCCC[C@@H]1O. The van der Waals surface area contributed by atoms with E-state index in [4.69, 9.17) is 16.3 Å². The average Bonchev–Trinajstić information content (AvgIpc) is 2.41. The van der Waals surface area contributed by atoms with E-state index >= 15 is 0 Å². The third kappa shape index (κ3) is 4.69. The summed E-state index contributed by atoms with van der Waals surface area (Å²) in [5.41, 5.74) is 0. The highest BCUT2D eigenvalue weighted by molar-refractivity contribution is 6.30. The number of carbonyl (C=O) groups is 1. The standard InChI is InChI=1S/C15H20ClNO3/c16-11-4-3-5-12(10-11)20-9-8-15(19)17-13-6-1-2-7-14(13)18/h3-5,10,13-14,18H,1-2,6-9H2,(H,17,19)/t13-,14-/m0/s1. The monoisotopic (exact) mass is 297 g/mol. The number of rotatable bonds is 5. The summed E-state index contributed by atoms with van der Waals surface area (Å²) >= 11 is 5.84. The second-order valence-electron chi connectivity index (χ2n) is 5.08. The van der Waals surface area contributed by atoms with Gasteiger partial charge in [0, 0.05) is 5.02 Å². The van der Waals surface area contributed by atoms with Gasteiger partial charge in [-0.25, -0.2) is 0 Å². The van der Waals surface area contributed by atoms with E-state index in [1.54, 1.807) is 24.3 Å². The van der Waals surface area contributed by atoms with Crippen LogP contribution >= 0.6 is 11.6 Å². The summed E-state index contributed by atoms with van der Waals surface area (Å²) in [6.07, 6.45) is 3.57. The Hall–Kier alpha value is -1.26. The molecule has 20 heavy (non-hydrogen) atoms. The van der Waals surface area contributed by atoms with Gasteiger partial charge in [0.2, 0.25) is 5.91 Å². The van der Waals surface area contributed by atoms with E-state index in [1.165, 1.54) is 0 Å². The number of benzene rings is 1. The van der Waals surface area contributed by atoms with E-state index in [2.05, 4.69) is 5.32 Å². The quantitative estimate of drug-likeness (QED) is 0.878. The molecule has 0 unspecified atom stereocenters. The molecule has 1 fully saturated rings. The Bertz CT molecular complexity index is 452. The van der Waals surface area contributed by atoms with E-state index in [0.717, 1.165) is 25.7 Å². The minimum absolute atomic E-state index is 0.0852. The molecule has 5 heteroatoms. The first-order valence-corrected chi connectivity index (χ1v) is 7.39. The molecule has 1 amide bonds. The molecule has 110 valence electrons. The lowest BCUT2D eigenvalue weighted by Crippen LogP contribution is -2.45. The number of nitrogens with one attached hydrogen (secondary N) is 1. The third-order valence-corrected chi connectivity index (χ3v) is 3.70. The van der Waals surface area contributed by atoms with Gasteiger partial charge < -0.3 is 15.2 Å². The molecule has 0 bridgehead atoms. The molecule has 0 heterocycles. The molecule has 0 spiro atoms. The predicted octanol–water partition coefficient (Wildman–Crippen LogP) is 2.53. The Morgan fingerprint density at radius 2 is 2.20 bits per heavy atom. The average molecular weight is 298 g/mol. The van der Waals surface area contributed by atoms with Gasteiger partial charge in [-0.15, -0.1) is 0 Å². The first kappa shape index (κ1) is 15.1. The van der Waals surface area contributed by atoms with Crippen LogP contribution in [0, 0.1) is 0 Å². The fourth-order valence-corrected chi connectivity index (χ4v) is 2.56. The van der Waals surface area contributed by atoms with Crippen molar-refractivity contribution in [3.63, 3.8) is 0 Å². The zero-order valence-corrected chi connectivity index (χ0v) is 12.1. The summed E-state index contributed by atoms with van der Waals surface area (Å²) in [7, 11) is 0.